The van der Waals surface area contributed by atoms with E-state index in [1.54, 1.807) is 0 Å². The molecule has 1 aliphatic carbocycles. The molecule has 9 aromatic rings. The molecule has 1 heterocycles. The van der Waals surface area contributed by atoms with Gasteiger partial charge in [0, 0.05) is 22.7 Å². The van der Waals surface area contributed by atoms with Gasteiger partial charge >= 0.3 is 0 Å². The number of hydrogen-bond acceptors (Lipinski definition) is 2. The lowest BCUT2D eigenvalue weighted by molar-refractivity contribution is 0.752. The van der Waals surface area contributed by atoms with Crippen LogP contribution in [0.2, 0.25) is 0 Å². The summed E-state index contributed by atoms with van der Waals surface area (Å²) >= 11 is 0. The van der Waals surface area contributed by atoms with Gasteiger partial charge in [0.25, 0.3) is 0 Å². The Morgan fingerprint density at radius 2 is 0.836 bits per heavy atom. The second kappa shape index (κ2) is 12.5. The second-order valence-corrected chi connectivity index (χ2v) is 14.5. The summed E-state index contributed by atoms with van der Waals surface area (Å²) in [7, 11) is 0. The second-order valence-electron chi connectivity index (χ2n) is 14.5. The topological polar surface area (TPSA) is 6.48 Å². The molecule has 0 N–H and O–H groups in total. The van der Waals surface area contributed by atoms with Crippen molar-refractivity contribution in [3.8, 4) is 22.3 Å². The molecule has 0 saturated heterocycles. The van der Waals surface area contributed by atoms with E-state index in [0.717, 1.165) is 22.7 Å². The van der Waals surface area contributed by atoms with Crippen LogP contribution in [0.3, 0.4) is 0 Å². The number of anilines is 6. The Labute approximate surface area is 321 Å². The van der Waals surface area contributed by atoms with E-state index in [1.807, 2.05) is 0 Å². The number of benzene rings is 9. The summed E-state index contributed by atoms with van der Waals surface area (Å²) in [5, 5.41) is 2.44. The Bertz CT molecular complexity index is 2830. The molecule has 0 unspecified atom stereocenters. The monoisotopic (exact) mass is 700 g/mol. The van der Waals surface area contributed by atoms with Crippen molar-refractivity contribution < 1.29 is 0 Å². The van der Waals surface area contributed by atoms with E-state index in [0.29, 0.717) is 0 Å². The maximum Gasteiger partial charge on any atom is 0.0755 e. The normalized spacial score (nSPS) is 13.2. The van der Waals surface area contributed by atoms with Gasteiger partial charge in [-0.25, -0.2) is 0 Å². The van der Waals surface area contributed by atoms with Crippen molar-refractivity contribution >= 4 is 44.9 Å². The highest BCUT2D eigenvalue weighted by atomic mass is 15.2. The Morgan fingerprint density at radius 3 is 1.56 bits per heavy atom. The fraction of sp³-hybridized carbons (Fsp3) is 0.0189. The molecule has 9 aromatic carbocycles. The Morgan fingerprint density at radius 1 is 0.327 bits per heavy atom. The van der Waals surface area contributed by atoms with Gasteiger partial charge in [0.05, 0.1) is 16.8 Å². The molecular formula is C53H36N2. The van der Waals surface area contributed by atoms with Gasteiger partial charge in [-0.2, -0.15) is 0 Å². The van der Waals surface area contributed by atoms with Gasteiger partial charge in [-0.1, -0.05) is 158 Å². The van der Waals surface area contributed by atoms with Gasteiger partial charge < -0.3 is 9.80 Å². The molecule has 1 aliphatic heterocycles. The molecule has 2 nitrogen and oxygen atoms in total. The lowest BCUT2D eigenvalue weighted by Gasteiger charge is -2.45. The number of para-hydroxylation sites is 3. The third-order valence-corrected chi connectivity index (χ3v) is 11.6. The van der Waals surface area contributed by atoms with E-state index in [9.17, 15) is 0 Å². The van der Waals surface area contributed by atoms with Crippen LogP contribution >= 0.6 is 0 Å². The number of hydrogen-bond donors (Lipinski definition) is 0. The Kier molecular flexibility index (Phi) is 7.11. The summed E-state index contributed by atoms with van der Waals surface area (Å²) in [5.41, 5.74) is 16.5. The summed E-state index contributed by atoms with van der Waals surface area (Å²) in [4.78, 5) is 4.87. The number of fused-ring (bicyclic) bond motifs is 10. The van der Waals surface area contributed by atoms with Crippen molar-refractivity contribution in [3.63, 3.8) is 0 Å². The predicted molar refractivity (Wildman–Crippen MR) is 230 cm³/mol. The molecule has 1 spiro atoms. The van der Waals surface area contributed by atoms with E-state index < -0.39 is 5.41 Å². The zero-order chi connectivity index (χ0) is 36.3. The van der Waals surface area contributed by atoms with Crippen LogP contribution in [0.5, 0.6) is 0 Å². The summed E-state index contributed by atoms with van der Waals surface area (Å²) in [6, 6.07) is 80.1. The highest BCUT2D eigenvalue weighted by Gasteiger charge is 2.51. The van der Waals surface area contributed by atoms with Crippen molar-refractivity contribution in [2.75, 3.05) is 9.80 Å². The fourth-order valence-electron chi connectivity index (χ4n) is 9.28. The predicted octanol–water partition coefficient (Wildman–Crippen LogP) is 14.1. The molecule has 0 radical (unpaired) electrons. The first-order valence-corrected chi connectivity index (χ1v) is 19.0. The molecule has 0 bridgehead atoms. The van der Waals surface area contributed by atoms with Gasteiger partial charge in [0.1, 0.15) is 0 Å². The van der Waals surface area contributed by atoms with Crippen molar-refractivity contribution in [2.45, 2.75) is 5.41 Å². The third-order valence-electron chi connectivity index (χ3n) is 11.6. The van der Waals surface area contributed by atoms with Gasteiger partial charge in [0.2, 0.25) is 0 Å². The molecule has 2 aliphatic rings. The summed E-state index contributed by atoms with van der Waals surface area (Å²) < 4.78 is 0. The van der Waals surface area contributed by atoms with Gasteiger partial charge in [-0.05, 0) is 116 Å². The maximum atomic E-state index is 2.47. The average Bonchev–Trinajstić information content (AvgIpc) is 3.55. The van der Waals surface area contributed by atoms with Crippen LogP contribution in [0.25, 0.3) is 33.0 Å². The first-order chi connectivity index (χ1) is 27.3. The van der Waals surface area contributed by atoms with Crippen molar-refractivity contribution in [1.29, 1.82) is 0 Å². The lowest BCUT2D eigenvalue weighted by atomic mass is 9.64. The molecule has 11 rings (SSSR count). The van der Waals surface area contributed by atoms with E-state index in [1.165, 1.54) is 66.7 Å². The molecule has 258 valence electrons. The number of nitrogens with zero attached hydrogens (tertiary/aromatic N) is 2. The van der Waals surface area contributed by atoms with E-state index in [-0.39, 0.29) is 0 Å². The summed E-state index contributed by atoms with van der Waals surface area (Å²) in [5.74, 6) is 0. The van der Waals surface area contributed by atoms with Crippen LogP contribution in [0, 0.1) is 0 Å². The average molecular weight is 701 g/mol. The SMILES string of the molecule is c1ccc(-c2ccc(N(c3ccc4c(c3)C3(c5ccccc5-4)c4ccccc4N(c4ccccc4)c4ccccc43)c3ccc4ccccc4c3)cc2)cc1. The van der Waals surface area contributed by atoms with Gasteiger partial charge in [0.15, 0.2) is 0 Å². The maximum absolute atomic E-state index is 2.47. The molecular weight excluding hydrogens is 665 g/mol. The summed E-state index contributed by atoms with van der Waals surface area (Å²) in [6.07, 6.45) is 0. The van der Waals surface area contributed by atoms with E-state index in [2.05, 4.69) is 228 Å². The van der Waals surface area contributed by atoms with Crippen molar-refractivity contribution in [2.24, 2.45) is 0 Å². The zero-order valence-electron chi connectivity index (χ0n) is 30.2. The van der Waals surface area contributed by atoms with Crippen LogP contribution in [-0.2, 0) is 5.41 Å². The van der Waals surface area contributed by atoms with Crippen molar-refractivity contribution in [1.82, 2.24) is 0 Å². The van der Waals surface area contributed by atoms with E-state index in [4.69, 9.17) is 0 Å². The zero-order valence-corrected chi connectivity index (χ0v) is 30.2. The standard InChI is InChI=1S/C53H36N2/c1-3-15-37(16-4-1)39-27-30-42(31-28-39)54(43-32-29-38-17-7-8-18-40(38)35-43)44-33-34-46-45-21-9-10-22-47(45)53(50(46)36-44)48-23-11-13-25-51(48)55(41-19-5-2-6-20-41)52-26-14-12-24-49(52)53/h1-36H. The first kappa shape index (κ1) is 31.4. The number of rotatable bonds is 5. The minimum absolute atomic E-state index is 0.535. The van der Waals surface area contributed by atoms with Crippen LogP contribution < -0.4 is 9.80 Å². The highest BCUT2D eigenvalue weighted by Crippen LogP contribution is 2.63. The van der Waals surface area contributed by atoms with Crippen LogP contribution in [0.15, 0.2) is 218 Å². The minimum atomic E-state index is -0.535. The van der Waals surface area contributed by atoms with Crippen LogP contribution in [-0.4, -0.2) is 0 Å². The molecule has 0 fully saturated rings. The first-order valence-electron chi connectivity index (χ1n) is 19.0. The highest BCUT2D eigenvalue weighted by molar-refractivity contribution is 5.97. The van der Waals surface area contributed by atoms with Gasteiger partial charge in [-0.15, -0.1) is 0 Å². The molecule has 0 atom stereocenters. The van der Waals surface area contributed by atoms with E-state index >= 15 is 0 Å². The molecule has 2 heteroatoms. The lowest BCUT2D eigenvalue weighted by Crippen LogP contribution is -2.36. The fourth-order valence-corrected chi connectivity index (χ4v) is 9.28. The smallest absolute Gasteiger partial charge is 0.0755 e. The summed E-state index contributed by atoms with van der Waals surface area (Å²) in [6.45, 7) is 0. The van der Waals surface area contributed by atoms with Crippen LogP contribution in [0.4, 0.5) is 34.1 Å². The Balaban J connectivity index is 1.17. The largest absolute Gasteiger partial charge is 0.310 e. The quantitative estimate of drug-likeness (QED) is 0.176. The molecule has 0 amide bonds. The minimum Gasteiger partial charge on any atom is -0.310 e. The molecule has 55 heavy (non-hydrogen) atoms. The third kappa shape index (κ3) is 4.75. The Hall–Kier alpha value is -7.16. The van der Waals surface area contributed by atoms with Gasteiger partial charge in [-0.3, -0.25) is 0 Å². The molecule has 0 aromatic heterocycles. The van der Waals surface area contributed by atoms with Crippen molar-refractivity contribution in [3.05, 3.63) is 241 Å². The van der Waals surface area contributed by atoms with Crippen LogP contribution in [0.1, 0.15) is 22.3 Å². The molecule has 0 saturated carbocycles.